The molecule has 0 amide bonds. The second-order valence-electron chi connectivity index (χ2n) is 15.0. The lowest BCUT2D eigenvalue weighted by molar-refractivity contribution is 0.669. The normalized spacial score (nSPS) is 11.5. The van der Waals surface area contributed by atoms with Crippen LogP contribution in [0, 0.1) is 0 Å². The van der Waals surface area contributed by atoms with E-state index < -0.39 is 0 Å². The topological polar surface area (TPSA) is 104 Å². The van der Waals surface area contributed by atoms with Gasteiger partial charge in [0.1, 0.15) is 22.3 Å². The van der Waals surface area contributed by atoms with Crippen molar-refractivity contribution in [3.05, 3.63) is 194 Å². The molecule has 0 atom stereocenters. The molecule has 12 aromatic rings. The number of fused-ring (bicyclic) bond motifs is 6. The van der Waals surface area contributed by atoms with E-state index in [1.54, 1.807) is 0 Å². The van der Waals surface area contributed by atoms with Crippen molar-refractivity contribution in [3.63, 3.8) is 0 Å². The first-order chi connectivity index (χ1) is 30.7. The molecule has 12 rings (SSSR count). The molecule has 0 fully saturated rings. The van der Waals surface area contributed by atoms with Crippen LogP contribution in [0.25, 0.3) is 123 Å². The van der Waals surface area contributed by atoms with Crippen LogP contribution in [0.15, 0.2) is 203 Å². The highest BCUT2D eigenvalue weighted by Gasteiger charge is 2.23. The number of hydrogen-bond donors (Lipinski definition) is 0. The standard InChI is InChI=1S/C54H32N6O2/c1-5-16-33(17-6-1)49-55-50(34-18-7-2-8-19-34)58-53(57-49)40-25-15-27-45-46(40)42-32-37(28-31-44(42)61-45)38-29-30-41(48-47(38)39-24-13-14-26-43(39)62-48)54-59-51(35-20-9-3-10-21-35)56-52(60-54)36-22-11-4-12-23-36/h1-32H. The Balaban J connectivity index is 1.06. The van der Waals surface area contributed by atoms with Gasteiger partial charge in [-0.3, -0.25) is 0 Å². The fraction of sp³-hybridized carbons (Fsp3) is 0. The third kappa shape index (κ3) is 6.09. The van der Waals surface area contributed by atoms with Gasteiger partial charge in [-0.05, 0) is 41.5 Å². The summed E-state index contributed by atoms with van der Waals surface area (Å²) >= 11 is 0. The van der Waals surface area contributed by atoms with E-state index in [4.69, 9.17) is 38.7 Å². The molecule has 0 unspecified atom stereocenters. The highest BCUT2D eigenvalue weighted by atomic mass is 16.3. The number of furan rings is 2. The molecule has 62 heavy (non-hydrogen) atoms. The van der Waals surface area contributed by atoms with Gasteiger partial charge in [-0.2, -0.15) is 0 Å². The van der Waals surface area contributed by atoms with Crippen molar-refractivity contribution in [1.82, 2.24) is 29.9 Å². The Morgan fingerprint density at radius 3 is 1.27 bits per heavy atom. The number of aromatic nitrogens is 6. The molecule has 8 nitrogen and oxygen atoms in total. The summed E-state index contributed by atoms with van der Waals surface area (Å²) in [6, 6.07) is 64.7. The number of benzene rings is 8. The first-order valence-electron chi connectivity index (χ1n) is 20.4. The molecule has 0 radical (unpaired) electrons. The molecule has 0 spiro atoms. The first kappa shape index (κ1) is 35.3. The number of rotatable bonds is 7. The zero-order chi connectivity index (χ0) is 41.0. The maximum Gasteiger partial charge on any atom is 0.167 e. The third-order valence-electron chi connectivity index (χ3n) is 11.2. The van der Waals surface area contributed by atoms with Gasteiger partial charge in [0.2, 0.25) is 0 Å². The molecular formula is C54H32N6O2. The zero-order valence-corrected chi connectivity index (χ0v) is 33.0. The maximum atomic E-state index is 6.76. The van der Waals surface area contributed by atoms with Crippen LogP contribution < -0.4 is 0 Å². The summed E-state index contributed by atoms with van der Waals surface area (Å²) in [5.74, 6) is 3.45. The van der Waals surface area contributed by atoms with E-state index in [1.165, 1.54) is 0 Å². The average molecular weight is 797 g/mol. The Labute approximate surface area is 354 Å². The van der Waals surface area contributed by atoms with E-state index in [2.05, 4.69) is 36.4 Å². The lowest BCUT2D eigenvalue weighted by Gasteiger charge is -2.11. The van der Waals surface area contributed by atoms with Crippen molar-refractivity contribution in [2.45, 2.75) is 0 Å². The van der Waals surface area contributed by atoms with Crippen LogP contribution in [0.4, 0.5) is 0 Å². The van der Waals surface area contributed by atoms with Crippen LogP contribution in [0.1, 0.15) is 0 Å². The van der Waals surface area contributed by atoms with Gasteiger partial charge in [0.25, 0.3) is 0 Å². The van der Waals surface area contributed by atoms with E-state index in [1.807, 2.05) is 158 Å². The SMILES string of the molecule is c1ccc(-c2nc(-c3ccccc3)nc(-c3ccc(-c4ccc5oc6cccc(-c7nc(-c8ccccc8)nc(-c8ccccc8)n7)c6c5c4)c4c3oc3ccccc34)n2)cc1. The summed E-state index contributed by atoms with van der Waals surface area (Å²) in [6.07, 6.45) is 0. The molecule has 8 aromatic carbocycles. The predicted molar refractivity (Wildman–Crippen MR) is 246 cm³/mol. The smallest absolute Gasteiger partial charge is 0.167 e. The molecule has 0 aliphatic carbocycles. The Hall–Kier alpha value is -8.62. The summed E-state index contributed by atoms with van der Waals surface area (Å²) in [7, 11) is 0. The Morgan fingerprint density at radius 2 is 0.710 bits per heavy atom. The number of nitrogens with zero attached hydrogens (tertiary/aromatic N) is 6. The molecule has 4 heterocycles. The van der Waals surface area contributed by atoms with Crippen LogP contribution >= 0.6 is 0 Å². The molecule has 0 N–H and O–H groups in total. The number of hydrogen-bond acceptors (Lipinski definition) is 8. The highest BCUT2D eigenvalue weighted by molar-refractivity contribution is 6.18. The largest absolute Gasteiger partial charge is 0.456 e. The lowest BCUT2D eigenvalue weighted by Crippen LogP contribution is -2.00. The summed E-state index contributed by atoms with van der Waals surface area (Å²) < 4.78 is 13.3. The Kier molecular flexibility index (Phi) is 8.31. The fourth-order valence-corrected chi connectivity index (χ4v) is 8.28. The lowest BCUT2D eigenvalue weighted by atomic mass is 9.95. The molecule has 0 aliphatic heterocycles. The van der Waals surface area contributed by atoms with Crippen LogP contribution in [-0.4, -0.2) is 29.9 Å². The van der Waals surface area contributed by atoms with Crippen LogP contribution in [0.3, 0.4) is 0 Å². The monoisotopic (exact) mass is 796 g/mol. The third-order valence-corrected chi connectivity index (χ3v) is 11.2. The summed E-state index contributed by atoms with van der Waals surface area (Å²) in [6.45, 7) is 0. The van der Waals surface area contributed by atoms with Crippen molar-refractivity contribution in [2.24, 2.45) is 0 Å². The molecule has 0 saturated heterocycles. The quantitative estimate of drug-likeness (QED) is 0.157. The molecule has 0 bridgehead atoms. The summed E-state index contributed by atoms with van der Waals surface area (Å²) in [4.78, 5) is 30.2. The van der Waals surface area contributed by atoms with Gasteiger partial charge in [0, 0.05) is 49.4 Å². The van der Waals surface area contributed by atoms with Crippen LogP contribution in [0.5, 0.6) is 0 Å². The van der Waals surface area contributed by atoms with Gasteiger partial charge >= 0.3 is 0 Å². The van der Waals surface area contributed by atoms with Gasteiger partial charge < -0.3 is 8.83 Å². The van der Waals surface area contributed by atoms with Crippen molar-refractivity contribution in [1.29, 1.82) is 0 Å². The van der Waals surface area contributed by atoms with E-state index in [0.29, 0.717) is 40.5 Å². The van der Waals surface area contributed by atoms with Gasteiger partial charge in [0.05, 0.1) is 5.56 Å². The minimum absolute atomic E-state index is 0.524. The highest BCUT2D eigenvalue weighted by Crippen LogP contribution is 2.44. The zero-order valence-electron chi connectivity index (χ0n) is 33.0. The summed E-state index contributed by atoms with van der Waals surface area (Å²) in [5.41, 5.74) is 10.2. The van der Waals surface area contributed by atoms with Gasteiger partial charge in [0.15, 0.2) is 34.9 Å². The molecule has 290 valence electrons. The van der Waals surface area contributed by atoms with Crippen molar-refractivity contribution >= 4 is 43.9 Å². The fourth-order valence-electron chi connectivity index (χ4n) is 8.28. The van der Waals surface area contributed by atoms with Gasteiger partial charge in [-0.1, -0.05) is 164 Å². The average Bonchev–Trinajstić information content (AvgIpc) is 3.93. The van der Waals surface area contributed by atoms with Gasteiger partial charge in [-0.25, -0.2) is 29.9 Å². The maximum absolute atomic E-state index is 6.76. The van der Waals surface area contributed by atoms with Crippen molar-refractivity contribution in [2.75, 3.05) is 0 Å². The number of para-hydroxylation sites is 1. The van der Waals surface area contributed by atoms with Crippen molar-refractivity contribution < 1.29 is 8.83 Å². The van der Waals surface area contributed by atoms with E-state index >= 15 is 0 Å². The van der Waals surface area contributed by atoms with Gasteiger partial charge in [-0.15, -0.1) is 0 Å². The Bertz CT molecular complexity index is 3510. The van der Waals surface area contributed by atoms with E-state index in [0.717, 1.165) is 82.8 Å². The first-order valence-corrected chi connectivity index (χ1v) is 20.4. The second-order valence-corrected chi connectivity index (χ2v) is 15.0. The second kappa shape index (κ2) is 14.6. The molecule has 0 saturated carbocycles. The Morgan fingerprint density at radius 1 is 0.258 bits per heavy atom. The van der Waals surface area contributed by atoms with Crippen molar-refractivity contribution in [3.8, 4) is 79.5 Å². The minimum atomic E-state index is 0.524. The molecule has 0 aliphatic rings. The molecular weight excluding hydrogens is 765 g/mol. The molecule has 4 aromatic heterocycles. The minimum Gasteiger partial charge on any atom is -0.456 e. The van der Waals surface area contributed by atoms with E-state index in [9.17, 15) is 0 Å². The predicted octanol–water partition coefficient (Wildman–Crippen LogP) is 13.5. The van der Waals surface area contributed by atoms with E-state index in [-0.39, 0.29) is 0 Å². The van der Waals surface area contributed by atoms with Crippen LogP contribution in [-0.2, 0) is 0 Å². The van der Waals surface area contributed by atoms with Crippen LogP contribution in [0.2, 0.25) is 0 Å². The summed E-state index contributed by atoms with van der Waals surface area (Å²) in [5, 5.41) is 3.82. The molecule has 8 heteroatoms.